The summed E-state index contributed by atoms with van der Waals surface area (Å²) in [6.07, 6.45) is 0.684. The number of aliphatic hydroxyl groups is 1. The van der Waals surface area contributed by atoms with Crippen molar-refractivity contribution < 1.29 is 23.0 Å². The summed E-state index contributed by atoms with van der Waals surface area (Å²) in [5.74, 6) is 0.887. The molecule has 1 fully saturated rings. The van der Waals surface area contributed by atoms with E-state index in [2.05, 4.69) is 0 Å². The molecule has 0 amide bonds. The van der Waals surface area contributed by atoms with Crippen LogP contribution in [0.4, 0.5) is 0 Å². The number of aliphatic hydroxyl groups excluding tert-OH is 1. The van der Waals surface area contributed by atoms with Crippen molar-refractivity contribution in [2.24, 2.45) is 5.92 Å². The van der Waals surface area contributed by atoms with Crippen molar-refractivity contribution in [3.63, 3.8) is 0 Å². The van der Waals surface area contributed by atoms with E-state index in [-0.39, 0.29) is 17.4 Å². The molecule has 7 heteroatoms. The average Bonchev–Trinajstić information content (AvgIpc) is 2.96. The molecule has 1 aromatic carbocycles. The highest BCUT2D eigenvalue weighted by atomic mass is 32.2. The Morgan fingerprint density at radius 3 is 2.55 bits per heavy atom. The maximum atomic E-state index is 12.5. The summed E-state index contributed by atoms with van der Waals surface area (Å²) < 4.78 is 36.6. The van der Waals surface area contributed by atoms with Gasteiger partial charge in [0.2, 0.25) is 10.0 Å². The van der Waals surface area contributed by atoms with Crippen molar-refractivity contribution in [2.75, 3.05) is 33.9 Å². The lowest BCUT2D eigenvalue weighted by atomic mass is 10.1. The smallest absolute Gasteiger partial charge is 0.243 e. The van der Waals surface area contributed by atoms with Crippen molar-refractivity contribution >= 4 is 10.0 Å². The van der Waals surface area contributed by atoms with E-state index >= 15 is 0 Å². The zero-order chi connectivity index (χ0) is 14.8. The van der Waals surface area contributed by atoms with Gasteiger partial charge in [-0.2, -0.15) is 4.31 Å². The molecule has 6 nitrogen and oxygen atoms in total. The lowest BCUT2D eigenvalue weighted by Crippen LogP contribution is -2.29. The Hall–Kier alpha value is -1.31. The van der Waals surface area contributed by atoms with Crippen LogP contribution in [-0.2, 0) is 10.0 Å². The second-order valence-corrected chi connectivity index (χ2v) is 6.66. The maximum Gasteiger partial charge on any atom is 0.243 e. The monoisotopic (exact) mass is 301 g/mol. The highest BCUT2D eigenvalue weighted by molar-refractivity contribution is 7.89. The summed E-state index contributed by atoms with van der Waals surface area (Å²) >= 11 is 0. The molecule has 0 saturated carbocycles. The molecule has 20 heavy (non-hydrogen) atoms. The van der Waals surface area contributed by atoms with Gasteiger partial charge >= 0.3 is 0 Å². The van der Waals surface area contributed by atoms with Crippen molar-refractivity contribution in [1.82, 2.24) is 4.31 Å². The van der Waals surface area contributed by atoms with Gasteiger partial charge in [-0.15, -0.1) is 0 Å². The first-order valence-electron chi connectivity index (χ1n) is 6.36. The van der Waals surface area contributed by atoms with Gasteiger partial charge in [-0.3, -0.25) is 0 Å². The van der Waals surface area contributed by atoms with E-state index in [1.165, 1.54) is 30.7 Å². The number of hydrogen-bond acceptors (Lipinski definition) is 5. The molecule has 2 rings (SSSR count). The van der Waals surface area contributed by atoms with Crippen LogP contribution in [-0.4, -0.2) is 51.7 Å². The molecule has 1 unspecified atom stereocenters. The third-order valence-electron chi connectivity index (χ3n) is 3.50. The van der Waals surface area contributed by atoms with E-state index in [0.29, 0.717) is 31.0 Å². The summed E-state index contributed by atoms with van der Waals surface area (Å²) in [4.78, 5) is 0.175. The molecule has 1 aliphatic rings. The molecule has 0 aliphatic carbocycles. The number of methoxy groups -OCH3 is 2. The molecular weight excluding hydrogens is 282 g/mol. The van der Waals surface area contributed by atoms with Gasteiger partial charge < -0.3 is 14.6 Å². The van der Waals surface area contributed by atoms with Crippen LogP contribution in [0.2, 0.25) is 0 Å². The van der Waals surface area contributed by atoms with Crippen LogP contribution in [0.25, 0.3) is 0 Å². The minimum Gasteiger partial charge on any atom is -0.493 e. The highest BCUT2D eigenvalue weighted by Gasteiger charge is 2.32. The molecule has 1 saturated heterocycles. The van der Waals surface area contributed by atoms with Crippen molar-refractivity contribution in [3.8, 4) is 11.5 Å². The van der Waals surface area contributed by atoms with Crippen LogP contribution in [0.1, 0.15) is 6.42 Å². The van der Waals surface area contributed by atoms with Gasteiger partial charge in [-0.05, 0) is 24.5 Å². The zero-order valence-corrected chi connectivity index (χ0v) is 12.4. The van der Waals surface area contributed by atoms with Crippen LogP contribution in [0.15, 0.2) is 23.1 Å². The van der Waals surface area contributed by atoms with Crippen molar-refractivity contribution in [2.45, 2.75) is 11.3 Å². The Balaban J connectivity index is 2.30. The van der Waals surface area contributed by atoms with Crippen molar-refractivity contribution in [3.05, 3.63) is 18.2 Å². The predicted octanol–water partition coefficient (Wildman–Crippen LogP) is 0.707. The maximum absolute atomic E-state index is 12.5. The first kappa shape index (κ1) is 15.1. The first-order valence-corrected chi connectivity index (χ1v) is 7.80. The number of nitrogens with zero attached hydrogens (tertiary/aromatic N) is 1. The third-order valence-corrected chi connectivity index (χ3v) is 5.36. The molecule has 0 spiro atoms. The fraction of sp³-hybridized carbons (Fsp3) is 0.538. The molecule has 112 valence electrons. The van der Waals surface area contributed by atoms with E-state index < -0.39 is 10.0 Å². The van der Waals surface area contributed by atoms with Crippen LogP contribution in [0, 0.1) is 5.92 Å². The highest BCUT2D eigenvalue weighted by Crippen LogP contribution is 2.32. The summed E-state index contributed by atoms with van der Waals surface area (Å²) in [7, 11) is -0.590. The Morgan fingerprint density at radius 2 is 2.00 bits per heavy atom. The van der Waals surface area contributed by atoms with Crippen LogP contribution in [0.3, 0.4) is 0 Å². The van der Waals surface area contributed by atoms with Gasteiger partial charge in [-0.1, -0.05) is 0 Å². The van der Waals surface area contributed by atoms with E-state index in [1.54, 1.807) is 6.07 Å². The topological polar surface area (TPSA) is 76.1 Å². The molecule has 1 N–H and O–H groups in total. The average molecular weight is 301 g/mol. The number of benzene rings is 1. The molecule has 0 bridgehead atoms. The molecule has 1 aromatic rings. The Morgan fingerprint density at radius 1 is 1.30 bits per heavy atom. The van der Waals surface area contributed by atoms with Gasteiger partial charge in [0.05, 0.1) is 19.1 Å². The van der Waals surface area contributed by atoms with Gasteiger partial charge in [0.15, 0.2) is 11.5 Å². The summed E-state index contributed by atoms with van der Waals surface area (Å²) in [5, 5.41) is 9.11. The largest absolute Gasteiger partial charge is 0.493 e. The van der Waals surface area contributed by atoms with Gasteiger partial charge in [0, 0.05) is 25.8 Å². The summed E-state index contributed by atoms with van der Waals surface area (Å²) in [6, 6.07) is 4.54. The van der Waals surface area contributed by atoms with Gasteiger partial charge in [0.1, 0.15) is 0 Å². The number of sulfonamides is 1. The third kappa shape index (κ3) is 2.74. The Kier molecular flexibility index (Phi) is 4.52. The summed E-state index contributed by atoms with van der Waals surface area (Å²) in [5.41, 5.74) is 0. The predicted molar refractivity (Wildman–Crippen MR) is 73.5 cm³/mol. The molecule has 1 heterocycles. The van der Waals surface area contributed by atoms with E-state index in [4.69, 9.17) is 14.6 Å². The number of ether oxygens (including phenoxy) is 2. The van der Waals surface area contributed by atoms with E-state index in [9.17, 15) is 8.42 Å². The quantitative estimate of drug-likeness (QED) is 0.866. The fourth-order valence-electron chi connectivity index (χ4n) is 2.29. The number of rotatable bonds is 5. The van der Waals surface area contributed by atoms with Gasteiger partial charge in [-0.25, -0.2) is 8.42 Å². The standard InChI is InChI=1S/C13H19NO5S/c1-18-12-4-3-11(7-13(12)19-2)20(16,17)14-6-5-10(8-14)9-15/h3-4,7,10,15H,5-6,8-9H2,1-2H3. The summed E-state index contributed by atoms with van der Waals surface area (Å²) in [6.45, 7) is 0.799. The Bertz CT molecular complexity index is 572. The van der Waals surface area contributed by atoms with Crippen LogP contribution < -0.4 is 9.47 Å². The Labute approximate surface area is 119 Å². The minimum atomic E-state index is -3.55. The van der Waals surface area contributed by atoms with E-state index in [1.807, 2.05) is 0 Å². The molecule has 0 radical (unpaired) electrons. The minimum absolute atomic E-state index is 0.0119. The van der Waals surface area contributed by atoms with Gasteiger partial charge in [0.25, 0.3) is 0 Å². The first-order chi connectivity index (χ1) is 9.52. The van der Waals surface area contributed by atoms with Crippen LogP contribution >= 0.6 is 0 Å². The fourth-order valence-corrected chi connectivity index (χ4v) is 3.84. The molecular formula is C13H19NO5S. The lowest BCUT2D eigenvalue weighted by molar-refractivity contribution is 0.233. The lowest BCUT2D eigenvalue weighted by Gasteiger charge is -2.17. The zero-order valence-electron chi connectivity index (χ0n) is 11.6. The SMILES string of the molecule is COc1ccc(S(=O)(=O)N2CCC(CO)C2)cc1OC. The van der Waals surface area contributed by atoms with Crippen LogP contribution in [0.5, 0.6) is 11.5 Å². The normalized spacial score (nSPS) is 20.1. The molecule has 1 atom stereocenters. The molecule has 0 aromatic heterocycles. The number of hydrogen-bond donors (Lipinski definition) is 1. The van der Waals surface area contributed by atoms with E-state index in [0.717, 1.165) is 0 Å². The second-order valence-electron chi connectivity index (χ2n) is 4.72. The second kappa shape index (κ2) is 5.99. The van der Waals surface area contributed by atoms with Crippen molar-refractivity contribution in [1.29, 1.82) is 0 Å². The molecule has 1 aliphatic heterocycles.